The maximum Gasteiger partial charge on any atom is 0.123 e. The summed E-state index contributed by atoms with van der Waals surface area (Å²) in [6, 6.07) is 6.71. The largest absolute Gasteiger partial charge is 0.387 e. The first-order valence-corrected chi connectivity index (χ1v) is 7.75. The van der Waals surface area contributed by atoms with Gasteiger partial charge in [0.15, 0.2) is 0 Å². The Kier molecular flexibility index (Phi) is 4.38. The smallest absolute Gasteiger partial charge is 0.123 e. The van der Waals surface area contributed by atoms with Crippen LogP contribution in [-0.4, -0.2) is 48.3 Å². The second-order valence-corrected chi connectivity index (χ2v) is 6.23. The normalized spacial score (nSPS) is 27.4. The molecule has 3 nitrogen and oxygen atoms in total. The highest BCUT2D eigenvalue weighted by molar-refractivity contribution is 5.66. The highest BCUT2D eigenvalue weighted by atomic mass is 19.1. The summed E-state index contributed by atoms with van der Waals surface area (Å²) in [5, 5.41) is 13.8. The van der Waals surface area contributed by atoms with Crippen LogP contribution in [0.25, 0.3) is 5.57 Å². The zero-order valence-electron chi connectivity index (χ0n) is 12.3. The van der Waals surface area contributed by atoms with Gasteiger partial charge >= 0.3 is 0 Å². The van der Waals surface area contributed by atoms with Crippen LogP contribution in [0.2, 0.25) is 0 Å². The number of halogens is 1. The third kappa shape index (κ3) is 3.70. The van der Waals surface area contributed by atoms with E-state index in [4.69, 9.17) is 0 Å². The van der Waals surface area contributed by atoms with Gasteiger partial charge in [0.2, 0.25) is 0 Å². The Hall–Kier alpha value is -1.23. The molecule has 0 aliphatic carbocycles. The van der Waals surface area contributed by atoms with E-state index in [1.165, 1.54) is 17.7 Å². The third-order valence-corrected chi connectivity index (χ3v) is 4.48. The number of nitrogens with zero attached hydrogens (tertiary/aromatic N) is 1. The van der Waals surface area contributed by atoms with E-state index in [-0.39, 0.29) is 5.82 Å². The summed E-state index contributed by atoms with van der Waals surface area (Å²) < 4.78 is 13.0. The lowest BCUT2D eigenvalue weighted by Gasteiger charge is -2.38. The van der Waals surface area contributed by atoms with E-state index in [1.807, 2.05) is 12.1 Å². The molecule has 1 saturated heterocycles. The molecule has 2 aliphatic rings. The molecular weight excluding hydrogens is 267 g/mol. The Morgan fingerprint density at radius 1 is 1.29 bits per heavy atom. The van der Waals surface area contributed by atoms with Crippen molar-refractivity contribution in [3.63, 3.8) is 0 Å². The second kappa shape index (κ2) is 6.26. The van der Waals surface area contributed by atoms with E-state index < -0.39 is 5.60 Å². The zero-order valence-corrected chi connectivity index (χ0v) is 12.3. The van der Waals surface area contributed by atoms with Crippen LogP contribution in [0.1, 0.15) is 24.8 Å². The Balaban J connectivity index is 1.59. The van der Waals surface area contributed by atoms with E-state index in [0.29, 0.717) is 6.54 Å². The van der Waals surface area contributed by atoms with Crippen LogP contribution >= 0.6 is 0 Å². The van der Waals surface area contributed by atoms with Gasteiger partial charge in [-0.15, -0.1) is 0 Å². The minimum absolute atomic E-state index is 0.191. The topological polar surface area (TPSA) is 35.5 Å². The van der Waals surface area contributed by atoms with Crippen molar-refractivity contribution in [2.45, 2.75) is 24.9 Å². The number of rotatable bonds is 3. The van der Waals surface area contributed by atoms with E-state index >= 15 is 0 Å². The van der Waals surface area contributed by atoms with Crippen LogP contribution in [0.4, 0.5) is 4.39 Å². The van der Waals surface area contributed by atoms with Gasteiger partial charge in [-0.25, -0.2) is 4.39 Å². The number of nitrogens with one attached hydrogen (secondary N) is 1. The first kappa shape index (κ1) is 14.7. The summed E-state index contributed by atoms with van der Waals surface area (Å²) >= 11 is 0. The summed E-state index contributed by atoms with van der Waals surface area (Å²) in [6.07, 6.45) is 5.08. The van der Waals surface area contributed by atoms with Crippen molar-refractivity contribution >= 4 is 5.57 Å². The zero-order chi connectivity index (χ0) is 14.7. The molecule has 0 bridgehead atoms. The van der Waals surface area contributed by atoms with Crippen molar-refractivity contribution in [3.8, 4) is 0 Å². The summed E-state index contributed by atoms with van der Waals surface area (Å²) in [5.41, 5.74) is 1.80. The second-order valence-electron chi connectivity index (χ2n) is 6.23. The molecule has 0 saturated carbocycles. The molecule has 2 heterocycles. The molecule has 1 aromatic rings. The van der Waals surface area contributed by atoms with Gasteiger partial charge in [0, 0.05) is 26.2 Å². The Morgan fingerprint density at radius 2 is 2.10 bits per heavy atom. The van der Waals surface area contributed by atoms with Gasteiger partial charge in [-0.3, -0.25) is 4.90 Å². The number of aliphatic hydroxyl groups is 1. The molecule has 4 heteroatoms. The van der Waals surface area contributed by atoms with Crippen LogP contribution in [0.5, 0.6) is 0 Å². The lowest BCUT2D eigenvalue weighted by Crippen LogP contribution is -2.53. The fraction of sp³-hybridized carbons (Fsp3) is 0.529. The molecule has 0 aromatic heterocycles. The van der Waals surface area contributed by atoms with Gasteiger partial charge in [-0.05, 0) is 49.1 Å². The summed E-state index contributed by atoms with van der Waals surface area (Å²) in [5.74, 6) is -0.191. The van der Waals surface area contributed by atoms with Crippen molar-refractivity contribution in [2.24, 2.45) is 0 Å². The molecule has 0 spiro atoms. The van der Waals surface area contributed by atoms with Gasteiger partial charge in [0.25, 0.3) is 0 Å². The van der Waals surface area contributed by atoms with Gasteiger partial charge in [-0.1, -0.05) is 18.2 Å². The van der Waals surface area contributed by atoms with Gasteiger partial charge < -0.3 is 10.4 Å². The van der Waals surface area contributed by atoms with Crippen LogP contribution in [0, 0.1) is 5.82 Å². The molecule has 2 N–H and O–H groups in total. The fourth-order valence-electron chi connectivity index (χ4n) is 3.28. The summed E-state index contributed by atoms with van der Waals surface area (Å²) in [6.45, 7) is 4.24. The van der Waals surface area contributed by atoms with Crippen LogP contribution in [-0.2, 0) is 0 Å². The minimum atomic E-state index is -0.584. The number of piperidine rings is 1. The van der Waals surface area contributed by atoms with E-state index in [0.717, 1.165) is 51.0 Å². The average molecular weight is 290 g/mol. The highest BCUT2D eigenvalue weighted by Crippen LogP contribution is 2.25. The average Bonchev–Trinajstić information content (AvgIpc) is 2.49. The minimum Gasteiger partial charge on any atom is -0.387 e. The molecule has 21 heavy (non-hydrogen) atoms. The maximum absolute atomic E-state index is 13.0. The molecule has 1 atom stereocenters. The fourth-order valence-corrected chi connectivity index (χ4v) is 3.28. The van der Waals surface area contributed by atoms with Gasteiger partial charge in [0.05, 0.1) is 5.60 Å². The third-order valence-electron chi connectivity index (χ3n) is 4.48. The Bertz CT molecular complexity index is 506. The van der Waals surface area contributed by atoms with Crippen molar-refractivity contribution in [1.29, 1.82) is 0 Å². The van der Waals surface area contributed by atoms with Crippen LogP contribution in [0.15, 0.2) is 30.3 Å². The molecule has 3 rings (SSSR count). The van der Waals surface area contributed by atoms with Crippen molar-refractivity contribution in [1.82, 2.24) is 10.2 Å². The predicted molar refractivity (Wildman–Crippen MR) is 82.5 cm³/mol. The van der Waals surface area contributed by atoms with E-state index in [1.54, 1.807) is 0 Å². The van der Waals surface area contributed by atoms with E-state index in [2.05, 4.69) is 16.3 Å². The number of hydrogen-bond acceptors (Lipinski definition) is 3. The molecule has 1 aromatic carbocycles. The highest BCUT2D eigenvalue weighted by Gasteiger charge is 2.31. The molecule has 0 amide bonds. The molecule has 1 fully saturated rings. The molecule has 114 valence electrons. The summed E-state index contributed by atoms with van der Waals surface area (Å²) in [4.78, 5) is 2.31. The molecule has 0 radical (unpaired) electrons. The van der Waals surface area contributed by atoms with Crippen molar-refractivity contribution in [3.05, 3.63) is 41.7 Å². The standard InChI is InChI=1S/C17H23FN2O/c18-16-4-2-14(3-5-16)15-6-10-20(11-7-15)13-17(21)8-1-9-19-12-17/h2-6,19,21H,1,7-13H2/t17-/m1/s1. The van der Waals surface area contributed by atoms with Crippen molar-refractivity contribution in [2.75, 3.05) is 32.7 Å². The first-order chi connectivity index (χ1) is 10.1. The summed E-state index contributed by atoms with van der Waals surface area (Å²) in [7, 11) is 0. The van der Waals surface area contributed by atoms with Gasteiger partial charge in [-0.2, -0.15) is 0 Å². The predicted octanol–water partition coefficient (Wildman–Crippen LogP) is 2.03. The van der Waals surface area contributed by atoms with E-state index in [9.17, 15) is 9.50 Å². The Morgan fingerprint density at radius 3 is 2.71 bits per heavy atom. The SMILES string of the molecule is O[C@]1(CN2CC=C(c3ccc(F)cc3)CC2)CCCNC1. The maximum atomic E-state index is 13.0. The molecular formula is C17H23FN2O. The molecule has 0 unspecified atom stereocenters. The van der Waals surface area contributed by atoms with Crippen LogP contribution < -0.4 is 5.32 Å². The number of β-amino-alcohol motifs (C(OH)–C–C–N with tert-alkyl or cyclic N) is 1. The monoisotopic (exact) mass is 290 g/mol. The Labute approximate surface area is 125 Å². The van der Waals surface area contributed by atoms with Crippen LogP contribution in [0.3, 0.4) is 0 Å². The van der Waals surface area contributed by atoms with Gasteiger partial charge in [0.1, 0.15) is 5.82 Å². The number of benzene rings is 1. The van der Waals surface area contributed by atoms with Crippen molar-refractivity contribution < 1.29 is 9.50 Å². The quantitative estimate of drug-likeness (QED) is 0.894. The molecule has 2 aliphatic heterocycles. The lowest BCUT2D eigenvalue weighted by molar-refractivity contribution is -0.0130. The lowest BCUT2D eigenvalue weighted by atomic mass is 9.92. The number of hydrogen-bond donors (Lipinski definition) is 2. The first-order valence-electron chi connectivity index (χ1n) is 7.75.